The molecule has 12 heavy (non-hydrogen) atoms. The van der Waals surface area contributed by atoms with Gasteiger partial charge in [-0.15, -0.1) is 0 Å². The number of ether oxygens (including phenoxy) is 2. The summed E-state index contributed by atoms with van der Waals surface area (Å²) < 4.78 is 10.0. The largest absolute Gasteiger partial charge is 0.493 e. The number of anilines is 1. The van der Waals surface area contributed by atoms with Crippen LogP contribution in [0.5, 0.6) is 11.5 Å². The van der Waals surface area contributed by atoms with Gasteiger partial charge in [-0.3, -0.25) is 0 Å². The van der Waals surface area contributed by atoms with Gasteiger partial charge in [0.05, 0.1) is 24.9 Å². The molecule has 0 saturated heterocycles. The van der Waals surface area contributed by atoms with E-state index in [0.717, 1.165) is 0 Å². The molecule has 0 fully saturated rings. The zero-order chi connectivity index (χ0) is 9.14. The van der Waals surface area contributed by atoms with Crippen molar-refractivity contribution >= 4 is 17.3 Å². The Labute approximate surface area is 76.0 Å². The van der Waals surface area contributed by atoms with Crippen LogP contribution in [0.2, 0.25) is 5.02 Å². The van der Waals surface area contributed by atoms with Gasteiger partial charge in [0.1, 0.15) is 0 Å². The molecule has 0 amide bonds. The molecule has 0 aromatic heterocycles. The molecule has 0 atom stereocenters. The van der Waals surface area contributed by atoms with Crippen molar-refractivity contribution in [2.24, 2.45) is 0 Å². The van der Waals surface area contributed by atoms with Gasteiger partial charge in [0.2, 0.25) is 0 Å². The van der Waals surface area contributed by atoms with E-state index in [0.29, 0.717) is 22.2 Å². The standard InChI is InChI=1S/C8H10ClNO2/c1-11-6-4-3-5(9)7(10)8(6)12-2/h3-4H,10H2,1-2H3. The van der Waals surface area contributed by atoms with E-state index in [1.165, 1.54) is 7.11 Å². The summed E-state index contributed by atoms with van der Waals surface area (Å²) in [5.74, 6) is 1.06. The van der Waals surface area contributed by atoms with Crippen molar-refractivity contribution in [3.8, 4) is 11.5 Å². The van der Waals surface area contributed by atoms with E-state index in [2.05, 4.69) is 0 Å². The van der Waals surface area contributed by atoms with Crippen LogP contribution in [-0.4, -0.2) is 14.2 Å². The average Bonchev–Trinajstić information content (AvgIpc) is 2.09. The highest BCUT2D eigenvalue weighted by Crippen LogP contribution is 2.37. The lowest BCUT2D eigenvalue weighted by Crippen LogP contribution is -1.96. The second-order valence-corrected chi connectivity index (χ2v) is 2.60. The van der Waals surface area contributed by atoms with Gasteiger partial charge in [-0.1, -0.05) is 11.6 Å². The molecule has 0 saturated carbocycles. The molecule has 0 heterocycles. The summed E-state index contributed by atoms with van der Waals surface area (Å²) in [6.45, 7) is 0. The maximum Gasteiger partial charge on any atom is 0.185 e. The van der Waals surface area contributed by atoms with Crippen molar-refractivity contribution in [2.75, 3.05) is 20.0 Å². The third-order valence-corrected chi connectivity index (χ3v) is 1.86. The van der Waals surface area contributed by atoms with Gasteiger partial charge in [-0.25, -0.2) is 0 Å². The summed E-state index contributed by atoms with van der Waals surface area (Å²) in [5, 5.41) is 0.465. The lowest BCUT2D eigenvalue weighted by atomic mass is 10.3. The van der Waals surface area contributed by atoms with E-state index in [1.54, 1.807) is 19.2 Å². The first-order valence-corrected chi connectivity index (χ1v) is 3.74. The van der Waals surface area contributed by atoms with Crippen LogP contribution in [0.4, 0.5) is 5.69 Å². The maximum atomic E-state index is 5.76. The van der Waals surface area contributed by atoms with Crippen LogP contribution in [0.1, 0.15) is 0 Å². The summed E-state index contributed by atoms with van der Waals surface area (Å²) in [5.41, 5.74) is 6.03. The number of halogens is 1. The highest BCUT2D eigenvalue weighted by atomic mass is 35.5. The molecule has 2 N–H and O–H groups in total. The van der Waals surface area contributed by atoms with Gasteiger partial charge in [0, 0.05) is 0 Å². The van der Waals surface area contributed by atoms with Gasteiger partial charge < -0.3 is 15.2 Å². The van der Waals surface area contributed by atoms with Crippen LogP contribution < -0.4 is 15.2 Å². The SMILES string of the molecule is COc1ccc(Cl)c(N)c1OC. The van der Waals surface area contributed by atoms with Crippen molar-refractivity contribution in [1.29, 1.82) is 0 Å². The monoisotopic (exact) mass is 187 g/mol. The van der Waals surface area contributed by atoms with Crippen LogP contribution in [0.3, 0.4) is 0 Å². The van der Waals surface area contributed by atoms with Crippen molar-refractivity contribution < 1.29 is 9.47 Å². The highest BCUT2D eigenvalue weighted by molar-refractivity contribution is 6.33. The van der Waals surface area contributed by atoms with E-state index >= 15 is 0 Å². The Morgan fingerprint density at radius 1 is 1.25 bits per heavy atom. The molecular formula is C8H10ClNO2. The zero-order valence-electron chi connectivity index (χ0n) is 6.93. The Morgan fingerprint density at radius 2 is 1.92 bits per heavy atom. The molecule has 4 heteroatoms. The van der Waals surface area contributed by atoms with Crippen molar-refractivity contribution in [3.05, 3.63) is 17.2 Å². The van der Waals surface area contributed by atoms with Crippen LogP contribution >= 0.6 is 11.6 Å². The van der Waals surface area contributed by atoms with Crippen LogP contribution in [0.25, 0.3) is 0 Å². The fourth-order valence-corrected chi connectivity index (χ4v) is 1.08. The van der Waals surface area contributed by atoms with E-state index in [-0.39, 0.29) is 0 Å². The van der Waals surface area contributed by atoms with Crippen molar-refractivity contribution in [1.82, 2.24) is 0 Å². The summed E-state index contributed by atoms with van der Waals surface area (Å²) in [7, 11) is 3.07. The minimum Gasteiger partial charge on any atom is -0.493 e. The van der Waals surface area contributed by atoms with Gasteiger partial charge in [-0.2, -0.15) is 0 Å². The summed E-state index contributed by atoms with van der Waals surface area (Å²) in [4.78, 5) is 0. The van der Waals surface area contributed by atoms with Gasteiger partial charge >= 0.3 is 0 Å². The number of methoxy groups -OCH3 is 2. The molecule has 0 bridgehead atoms. The molecule has 0 radical (unpaired) electrons. The maximum absolute atomic E-state index is 5.76. The lowest BCUT2D eigenvalue weighted by Gasteiger charge is -2.10. The van der Waals surface area contributed by atoms with Gasteiger partial charge in [0.15, 0.2) is 11.5 Å². The lowest BCUT2D eigenvalue weighted by molar-refractivity contribution is 0.356. The highest BCUT2D eigenvalue weighted by Gasteiger charge is 2.09. The molecule has 3 nitrogen and oxygen atoms in total. The molecule has 0 aliphatic heterocycles. The quantitative estimate of drug-likeness (QED) is 0.720. The Kier molecular flexibility index (Phi) is 2.65. The topological polar surface area (TPSA) is 44.5 Å². The molecule has 0 spiro atoms. The Morgan fingerprint density at radius 3 is 2.42 bits per heavy atom. The third-order valence-electron chi connectivity index (χ3n) is 1.53. The van der Waals surface area contributed by atoms with Crippen molar-refractivity contribution in [2.45, 2.75) is 0 Å². The Bertz CT molecular complexity index is 289. The normalized spacial score (nSPS) is 9.58. The molecule has 66 valence electrons. The summed E-state index contributed by atoms with van der Waals surface area (Å²) >= 11 is 5.76. The predicted molar refractivity (Wildman–Crippen MR) is 49.0 cm³/mol. The van der Waals surface area contributed by atoms with Crippen LogP contribution in [0.15, 0.2) is 12.1 Å². The molecule has 1 rings (SSSR count). The average molecular weight is 188 g/mol. The predicted octanol–water partition coefficient (Wildman–Crippen LogP) is 1.94. The molecular weight excluding hydrogens is 178 g/mol. The van der Waals surface area contributed by atoms with Gasteiger partial charge in [0.25, 0.3) is 0 Å². The number of nitrogens with two attached hydrogens (primary N) is 1. The van der Waals surface area contributed by atoms with Crippen LogP contribution in [0, 0.1) is 0 Å². The fourth-order valence-electron chi connectivity index (χ4n) is 0.927. The number of nitrogen functional groups attached to an aromatic ring is 1. The second kappa shape index (κ2) is 3.54. The van der Waals surface area contributed by atoms with Crippen molar-refractivity contribution in [3.63, 3.8) is 0 Å². The number of rotatable bonds is 2. The molecule has 0 unspecified atom stereocenters. The molecule has 0 aliphatic carbocycles. The Hall–Kier alpha value is -1.09. The first-order chi connectivity index (χ1) is 5.70. The number of hydrogen-bond donors (Lipinski definition) is 1. The zero-order valence-corrected chi connectivity index (χ0v) is 7.68. The van der Waals surface area contributed by atoms with E-state index in [4.69, 9.17) is 26.8 Å². The first kappa shape index (κ1) is 9.00. The number of hydrogen-bond acceptors (Lipinski definition) is 3. The first-order valence-electron chi connectivity index (χ1n) is 3.36. The van der Waals surface area contributed by atoms with Crippen LogP contribution in [-0.2, 0) is 0 Å². The smallest absolute Gasteiger partial charge is 0.185 e. The molecule has 0 aliphatic rings. The third kappa shape index (κ3) is 1.41. The molecule has 1 aromatic rings. The number of benzene rings is 1. The minimum atomic E-state index is 0.401. The summed E-state index contributed by atoms with van der Waals surface area (Å²) in [6, 6.07) is 3.37. The molecule has 1 aromatic carbocycles. The summed E-state index contributed by atoms with van der Waals surface area (Å²) in [6.07, 6.45) is 0. The van der Waals surface area contributed by atoms with E-state index in [1.807, 2.05) is 0 Å². The Balaban J connectivity index is 3.25. The van der Waals surface area contributed by atoms with Gasteiger partial charge in [-0.05, 0) is 12.1 Å². The fraction of sp³-hybridized carbons (Fsp3) is 0.250. The van der Waals surface area contributed by atoms with E-state index < -0.39 is 0 Å². The second-order valence-electron chi connectivity index (χ2n) is 2.20. The minimum absolute atomic E-state index is 0.401. The van der Waals surface area contributed by atoms with E-state index in [9.17, 15) is 0 Å².